The molecule has 0 N–H and O–H groups in total. The zero-order valence-corrected chi connectivity index (χ0v) is 11.3. The van der Waals surface area contributed by atoms with Crippen LogP contribution in [0.1, 0.15) is 33.1 Å². The van der Waals surface area contributed by atoms with Crippen molar-refractivity contribution in [2.75, 3.05) is 20.1 Å². The SMILES string of the molecule is CC/N=C\C1CC(/C=N\C)CC(/C=N\CC)C1. The molecule has 2 unspecified atom stereocenters. The Hall–Kier alpha value is -0.990. The third kappa shape index (κ3) is 5.24. The largest absolute Gasteiger partial charge is 0.301 e. The fourth-order valence-corrected chi connectivity index (χ4v) is 2.54. The minimum Gasteiger partial charge on any atom is -0.301 e. The first-order valence-electron chi connectivity index (χ1n) is 6.72. The molecule has 3 nitrogen and oxygen atoms in total. The maximum Gasteiger partial charge on any atom is 0.0357 e. The van der Waals surface area contributed by atoms with E-state index in [1.54, 1.807) is 0 Å². The Balaban J connectivity index is 2.61. The Bertz CT molecular complexity index is 259. The fourth-order valence-electron chi connectivity index (χ4n) is 2.54. The van der Waals surface area contributed by atoms with Crippen LogP contribution < -0.4 is 0 Å². The number of aliphatic imine (C=N–C) groups is 3. The molecule has 0 aliphatic heterocycles. The zero-order valence-electron chi connectivity index (χ0n) is 11.3. The molecule has 0 spiro atoms. The number of nitrogens with zero attached hydrogens (tertiary/aromatic N) is 3. The Labute approximate surface area is 105 Å². The van der Waals surface area contributed by atoms with Crippen LogP contribution in [0.3, 0.4) is 0 Å². The molecule has 0 heterocycles. The first kappa shape index (κ1) is 14.1. The Morgan fingerprint density at radius 2 is 1.24 bits per heavy atom. The van der Waals surface area contributed by atoms with E-state index in [4.69, 9.17) is 0 Å². The average Bonchev–Trinajstić information content (AvgIpc) is 2.34. The van der Waals surface area contributed by atoms with Crippen molar-refractivity contribution in [3.05, 3.63) is 0 Å². The molecule has 1 saturated carbocycles. The van der Waals surface area contributed by atoms with Crippen molar-refractivity contribution in [2.45, 2.75) is 33.1 Å². The molecule has 0 radical (unpaired) electrons. The molecule has 1 fully saturated rings. The van der Waals surface area contributed by atoms with Gasteiger partial charge >= 0.3 is 0 Å². The standard InChI is InChI=1S/C14H25N3/c1-4-16-10-13-6-12(9-15-3)7-14(8-13)11-17-5-2/h9-14H,4-8H2,1-3H3/b15-9-,16-10-,17-11-. The van der Waals surface area contributed by atoms with Gasteiger partial charge < -0.3 is 4.99 Å². The van der Waals surface area contributed by atoms with Gasteiger partial charge in [-0.15, -0.1) is 0 Å². The van der Waals surface area contributed by atoms with Crippen molar-refractivity contribution in [3.63, 3.8) is 0 Å². The Morgan fingerprint density at radius 1 is 0.824 bits per heavy atom. The van der Waals surface area contributed by atoms with Crippen molar-refractivity contribution in [1.82, 2.24) is 0 Å². The Kier molecular flexibility index (Phi) is 6.75. The summed E-state index contributed by atoms with van der Waals surface area (Å²) in [4.78, 5) is 13.0. The molecule has 0 amide bonds. The summed E-state index contributed by atoms with van der Waals surface area (Å²) in [5, 5.41) is 0. The molecule has 0 bridgehead atoms. The van der Waals surface area contributed by atoms with E-state index in [1.165, 1.54) is 19.3 Å². The van der Waals surface area contributed by atoms with E-state index >= 15 is 0 Å². The smallest absolute Gasteiger partial charge is 0.0357 e. The lowest BCUT2D eigenvalue weighted by molar-refractivity contribution is 0.349. The van der Waals surface area contributed by atoms with Crippen LogP contribution in [0.5, 0.6) is 0 Å². The lowest BCUT2D eigenvalue weighted by Crippen LogP contribution is -2.25. The molecule has 0 aromatic rings. The molecule has 1 aliphatic carbocycles. The van der Waals surface area contributed by atoms with E-state index in [0.717, 1.165) is 13.1 Å². The summed E-state index contributed by atoms with van der Waals surface area (Å²) < 4.78 is 0. The highest BCUT2D eigenvalue weighted by Gasteiger charge is 2.25. The molecule has 1 rings (SSSR count). The molecule has 3 heteroatoms. The highest BCUT2D eigenvalue weighted by molar-refractivity contribution is 5.69. The third-order valence-electron chi connectivity index (χ3n) is 3.17. The second-order valence-electron chi connectivity index (χ2n) is 4.69. The summed E-state index contributed by atoms with van der Waals surface area (Å²) in [6.45, 7) is 5.94. The summed E-state index contributed by atoms with van der Waals surface area (Å²) >= 11 is 0. The van der Waals surface area contributed by atoms with Crippen LogP contribution in [0.25, 0.3) is 0 Å². The maximum atomic E-state index is 4.39. The van der Waals surface area contributed by atoms with E-state index < -0.39 is 0 Å². The van der Waals surface area contributed by atoms with E-state index in [0.29, 0.717) is 17.8 Å². The van der Waals surface area contributed by atoms with Gasteiger partial charge in [0, 0.05) is 38.8 Å². The van der Waals surface area contributed by atoms with Crippen molar-refractivity contribution < 1.29 is 0 Å². The lowest BCUT2D eigenvalue weighted by Gasteiger charge is -2.29. The Morgan fingerprint density at radius 3 is 1.59 bits per heavy atom. The average molecular weight is 235 g/mol. The highest BCUT2D eigenvalue weighted by Crippen LogP contribution is 2.30. The number of rotatable bonds is 5. The van der Waals surface area contributed by atoms with E-state index in [2.05, 4.69) is 47.5 Å². The van der Waals surface area contributed by atoms with Crippen molar-refractivity contribution in [2.24, 2.45) is 32.7 Å². The van der Waals surface area contributed by atoms with Gasteiger partial charge in [-0.1, -0.05) is 0 Å². The quantitative estimate of drug-likeness (QED) is 0.657. The third-order valence-corrected chi connectivity index (χ3v) is 3.17. The van der Waals surface area contributed by atoms with Gasteiger partial charge in [-0.05, 0) is 50.9 Å². The summed E-state index contributed by atoms with van der Waals surface area (Å²) in [6.07, 6.45) is 9.96. The van der Waals surface area contributed by atoms with Crippen molar-refractivity contribution >= 4 is 18.6 Å². The van der Waals surface area contributed by atoms with Gasteiger partial charge in [0.15, 0.2) is 0 Å². The van der Waals surface area contributed by atoms with Gasteiger partial charge in [0.1, 0.15) is 0 Å². The minimum atomic E-state index is 0.593. The first-order valence-corrected chi connectivity index (χ1v) is 6.72. The van der Waals surface area contributed by atoms with E-state index in [9.17, 15) is 0 Å². The van der Waals surface area contributed by atoms with Crippen LogP contribution in [0, 0.1) is 17.8 Å². The van der Waals surface area contributed by atoms with E-state index in [1.807, 2.05) is 7.05 Å². The lowest BCUT2D eigenvalue weighted by atomic mass is 9.76. The fraction of sp³-hybridized carbons (Fsp3) is 0.786. The molecule has 1 aliphatic rings. The second kappa shape index (κ2) is 8.15. The van der Waals surface area contributed by atoms with Crippen molar-refractivity contribution in [3.8, 4) is 0 Å². The van der Waals surface area contributed by atoms with Gasteiger partial charge in [0.05, 0.1) is 0 Å². The monoisotopic (exact) mass is 235 g/mol. The molecular formula is C14H25N3. The molecular weight excluding hydrogens is 210 g/mol. The van der Waals surface area contributed by atoms with Crippen LogP contribution in [0.4, 0.5) is 0 Å². The molecule has 17 heavy (non-hydrogen) atoms. The molecule has 2 atom stereocenters. The van der Waals surface area contributed by atoms with E-state index in [-0.39, 0.29) is 0 Å². The van der Waals surface area contributed by atoms with Crippen LogP contribution in [0.2, 0.25) is 0 Å². The summed E-state index contributed by atoms with van der Waals surface area (Å²) in [7, 11) is 1.86. The maximum absolute atomic E-state index is 4.39. The second-order valence-corrected chi connectivity index (χ2v) is 4.69. The van der Waals surface area contributed by atoms with Crippen molar-refractivity contribution in [1.29, 1.82) is 0 Å². The van der Waals surface area contributed by atoms with Crippen LogP contribution >= 0.6 is 0 Å². The first-order chi connectivity index (χ1) is 8.30. The van der Waals surface area contributed by atoms with Crippen LogP contribution in [-0.4, -0.2) is 38.8 Å². The van der Waals surface area contributed by atoms with Gasteiger partial charge in [-0.3, -0.25) is 9.98 Å². The molecule has 0 aromatic carbocycles. The number of hydrogen-bond acceptors (Lipinski definition) is 3. The normalized spacial score (nSPS) is 30.9. The van der Waals surface area contributed by atoms with Crippen LogP contribution in [0.15, 0.2) is 15.0 Å². The van der Waals surface area contributed by atoms with Gasteiger partial charge in [0.25, 0.3) is 0 Å². The molecule has 0 aromatic heterocycles. The summed E-state index contributed by atoms with van der Waals surface area (Å²) in [5.41, 5.74) is 0. The van der Waals surface area contributed by atoms with Gasteiger partial charge in [-0.2, -0.15) is 0 Å². The predicted molar refractivity (Wildman–Crippen MR) is 76.8 cm³/mol. The summed E-state index contributed by atoms with van der Waals surface area (Å²) in [5.74, 6) is 1.79. The number of hydrogen-bond donors (Lipinski definition) is 0. The van der Waals surface area contributed by atoms with Crippen LogP contribution in [-0.2, 0) is 0 Å². The predicted octanol–water partition coefficient (Wildman–Crippen LogP) is 2.90. The summed E-state index contributed by atoms with van der Waals surface area (Å²) in [6, 6.07) is 0. The molecule has 0 saturated heterocycles. The topological polar surface area (TPSA) is 37.1 Å². The van der Waals surface area contributed by atoms with Gasteiger partial charge in [0.2, 0.25) is 0 Å². The minimum absolute atomic E-state index is 0.593. The zero-order chi connectivity index (χ0) is 12.5. The molecule has 96 valence electrons. The highest BCUT2D eigenvalue weighted by atomic mass is 14.7. The van der Waals surface area contributed by atoms with Gasteiger partial charge in [-0.25, -0.2) is 0 Å².